The third-order valence-electron chi connectivity index (χ3n) is 4.94. The summed E-state index contributed by atoms with van der Waals surface area (Å²) in [6, 6.07) is 5.71. The van der Waals surface area contributed by atoms with Gasteiger partial charge in [-0.25, -0.2) is 9.97 Å². The van der Waals surface area contributed by atoms with Crippen molar-refractivity contribution in [3.8, 4) is 5.75 Å². The normalized spacial score (nSPS) is 14.7. The summed E-state index contributed by atoms with van der Waals surface area (Å²) in [5.41, 5.74) is 7.49. The third-order valence-corrected chi connectivity index (χ3v) is 4.94. The van der Waals surface area contributed by atoms with Crippen LogP contribution in [-0.2, 0) is 19.6 Å². The number of aromatic nitrogens is 7. The van der Waals surface area contributed by atoms with Gasteiger partial charge in [0, 0.05) is 18.5 Å². The van der Waals surface area contributed by atoms with E-state index in [2.05, 4.69) is 29.7 Å². The minimum atomic E-state index is 0.287. The molecule has 4 aromatic rings. The van der Waals surface area contributed by atoms with Crippen LogP contribution in [0.3, 0.4) is 0 Å². The monoisotopic (exact) mass is 365 g/mol. The molecule has 2 N–H and O–H groups in total. The van der Waals surface area contributed by atoms with E-state index in [1.165, 1.54) is 0 Å². The Morgan fingerprint density at radius 1 is 1.19 bits per heavy atom. The van der Waals surface area contributed by atoms with Gasteiger partial charge in [0.25, 0.3) is 0 Å². The summed E-state index contributed by atoms with van der Waals surface area (Å²) in [5, 5.41) is 13.8. The van der Waals surface area contributed by atoms with Crippen molar-refractivity contribution in [2.45, 2.75) is 26.6 Å². The fourth-order valence-corrected chi connectivity index (χ4v) is 3.59. The largest absolute Gasteiger partial charge is 0.494 e. The number of para-hydroxylation sites is 1. The Hall–Kier alpha value is -3.27. The highest BCUT2D eigenvalue weighted by molar-refractivity contribution is 5.95. The maximum atomic E-state index is 6.12. The van der Waals surface area contributed by atoms with E-state index in [1.54, 1.807) is 11.6 Å². The fourth-order valence-electron chi connectivity index (χ4n) is 3.59. The first-order chi connectivity index (χ1) is 13.1. The topological polar surface area (TPSA) is 112 Å². The molecule has 1 aromatic carbocycles. The van der Waals surface area contributed by atoms with Gasteiger partial charge in [-0.05, 0) is 19.1 Å². The highest BCUT2D eigenvalue weighted by Crippen LogP contribution is 2.27. The van der Waals surface area contributed by atoms with Crippen LogP contribution < -0.4 is 10.5 Å². The number of ether oxygens (including phenoxy) is 1. The quantitative estimate of drug-likeness (QED) is 0.567. The molecular formula is C17H19N9O. The molecule has 0 saturated heterocycles. The molecule has 10 nitrogen and oxygen atoms in total. The average molecular weight is 365 g/mol. The lowest BCUT2D eigenvalue weighted by atomic mass is 10.2. The number of aryl methyl sites for hydroxylation is 1. The number of fused-ring (bicyclic) bond motifs is 4. The van der Waals surface area contributed by atoms with Crippen molar-refractivity contribution in [3.63, 3.8) is 0 Å². The number of benzene rings is 1. The maximum Gasteiger partial charge on any atom is 0.223 e. The highest BCUT2D eigenvalue weighted by Gasteiger charge is 2.22. The van der Waals surface area contributed by atoms with Crippen molar-refractivity contribution in [3.05, 3.63) is 35.7 Å². The maximum absolute atomic E-state index is 6.12. The van der Waals surface area contributed by atoms with Gasteiger partial charge in [-0.3, -0.25) is 4.90 Å². The van der Waals surface area contributed by atoms with Crippen molar-refractivity contribution >= 4 is 22.5 Å². The van der Waals surface area contributed by atoms with E-state index in [-0.39, 0.29) is 5.95 Å². The van der Waals surface area contributed by atoms with E-state index in [9.17, 15) is 0 Å². The number of methoxy groups -OCH3 is 1. The lowest BCUT2D eigenvalue weighted by Crippen LogP contribution is -2.34. The molecule has 0 saturated carbocycles. The molecular weight excluding hydrogens is 346 g/mol. The first-order valence-corrected chi connectivity index (χ1v) is 8.73. The molecule has 27 heavy (non-hydrogen) atoms. The van der Waals surface area contributed by atoms with Crippen molar-refractivity contribution in [2.24, 2.45) is 0 Å². The molecule has 4 heterocycles. The SMILES string of the molecule is COc1cccc2c1nc(N)n1nc(CN3CCn4c(C)nnc4C3)nc21. The zero-order valence-electron chi connectivity index (χ0n) is 15.1. The van der Waals surface area contributed by atoms with Crippen LogP contribution in [0.5, 0.6) is 5.75 Å². The van der Waals surface area contributed by atoms with Gasteiger partial charge in [0.15, 0.2) is 11.5 Å². The molecule has 138 valence electrons. The standard InChI is InChI=1S/C17H19N9O/c1-10-21-22-14-9-24(6-7-25(10)14)8-13-19-16-11-4-3-5-12(27-2)15(11)20-17(18)26(16)23-13/h3-5H,6-9H2,1-2H3,(H2,18,20). The summed E-state index contributed by atoms with van der Waals surface area (Å²) in [7, 11) is 1.61. The Morgan fingerprint density at radius 3 is 2.93 bits per heavy atom. The highest BCUT2D eigenvalue weighted by atomic mass is 16.5. The lowest BCUT2D eigenvalue weighted by Gasteiger charge is -2.26. The third kappa shape index (κ3) is 2.48. The molecule has 10 heteroatoms. The molecule has 0 atom stereocenters. The molecule has 0 amide bonds. The van der Waals surface area contributed by atoms with Crippen LogP contribution in [0.4, 0.5) is 5.95 Å². The summed E-state index contributed by atoms with van der Waals surface area (Å²) in [5.74, 6) is 3.57. The molecule has 0 fully saturated rings. The van der Waals surface area contributed by atoms with Crippen molar-refractivity contribution < 1.29 is 4.74 Å². The Labute approximate surface area is 154 Å². The van der Waals surface area contributed by atoms with Gasteiger partial charge in [0.1, 0.15) is 22.9 Å². The van der Waals surface area contributed by atoms with E-state index < -0.39 is 0 Å². The zero-order valence-corrected chi connectivity index (χ0v) is 15.1. The number of anilines is 1. The van der Waals surface area contributed by atoms with Crippen LogP contribution >= 0.6 is 0 Å². The number of rotatable bonds is 3. The number of hydrogen-bond donors (Lipinski definition) is 1. The molecule has 1 aliphatic rings. The average Bonchev–Trinajstić information content (AvgIpc) is 3.26. The number of nitrogen functional groups attached to an aromatic ring is 1. The Kier molecular flexibility index (Phi) is 3.47. The Morgan fingerprint density at radius 2 is 2.07 bits per heavy atom. The predicted octanol–water partition coefficient (Wildman–Crippen LogP) is 0.784. The van der Waals surface area contributed by atoms with Crippen molar-refractivity contribution in [2.75, 3.05) is 19.4 Å². The summed E-state index contributed by atoms with van der Waals surface area (Å²) in [6.07, 6.45) is 0. The van der Waals surface area contributed by atoms with Crippen LogP contribution in [0.25, 0.3) is 16.6 Å². The minimum absolute atomic E-state index is 0.287. The van der Waals surface area contributed by atoms with Crippen LogP contribution in [0.1, 0.15) is 17.5 Å². The number of nitrogens with zero attached hydrogens (tertiary/aromatic N) is 8. The predicted molar refractivity (Wildman–Crippen MR) is 98.1 cm³/mol. The summed E-state index contributed by atoms with van der Waals surface area (Å²) >= 11 is 0. The van der Waals surface area contributed by atoms with E-state index in [0.717, 1.165) is 36.7 Å². The molecule has 5 rings (SSSR count). The first kappa shape index (κ1) is 15.9. The second kappa shape index (κ2) is 5.88. The van der Waals surface area contributed by atoms with Crippen LogP contribution in [0, 0.1) is 6.92 Å². The Balaban J connectivity index is 1.52. The molecule has 0 unspecified atom stereocenters. The number of hydrogen-bond acceptors (Lipinski definition) is 8. The fraction of sp³-hybridized carbons (Fsp3) is 0.353. The van der Waals surface area contributed by atoms with Gasteiger partial charge in [0.05, 0.1) is 20.2 Å². The molecule has 1 aliphatic heterocycles. The molecule has 0 spiro atoms. The zero-order chi connectivity index (χ0) is 18.5. The van der Waals surface area contributed by atoms with Gasteiger partial charge in [-0.2, -0.15) is 4.52 Å². The van der Waals surface area contributed by atoms with E-state index in [4.69, 9.17) is 15.5 Å². The summed E-state index contributed by atoms with van der Waals surface area (Å²) < 4.78 is 9.14. The van der Waals surface area contributed by atoms with Gasteiger partial charge in [-0.1, -0.05) is 6.07 Å². The van der Waals surface area contributed by atoms with Crippen molar-refractivity contribution in [1.82, 2.24) is 39.2 Å². The first-order valence-electron chi connectivity index (χ1n) is 8.73. The van der Waals surface area contributed by atoms with E-state index in [1.807, 2.05) is 25.1 Å². The molecule has 0 bridgehead atoms. The van der Waals surface area contributed by atoms with Gasteiger partial charge < -0.3 is 15.0 Å². The molecule has 0 aliphatic carbocycles. The smallest absolute Gasteiger partial charge is 0.223 e. The van der Waals surface area contributed by atoms with E-state index >= 15 is 0 Å². The lowest BCUT2D eigenvalue weighted by molar-refractivity contribution is 0.203. The summed E-state index contributed by atoms with van der Waals surface area (Å²) in [6.45, 7) is 5.07. The van der Waals surface area contributed by atoms with Crippen LogP contribution in [0.15, 0.2) is 18.2 Å². The molecule has 0 radical (unpaired) electrons. The van der Waals surface area contributed by atoms with Gasteiger partial charge in [0.2, 0.25) is 5.95 Å². The van der Waals surface area contributed by atoms with Crippen LogP contribution in [-0.4, -0.2) is 52.9 Å². The van der Waals surface area contributed by atoms with Crippen LogP contribution in [0.2, 0.25) is 0 Å². The minimum Gasteiger partial charge on any atom is -0.494 e. The van der Waals surface area contributed by atoms with Gasteiger partial charge >= 0.3 is 0 Å². The van der Waals surface area contributed by atoms with E-state index in [0.29, 0.717) is 29.3 Å². The second-order valence-corrected chi connectivity index (χ2v) is 6.62. The molecule has 3 aromatic heterocycles. The Bertz CT molecular complexity index is 1160. The second-order valence-electron chi connectivity index (χ2n) is 6.62. The van der Waals surface area contributed by atoms with Gasteiger partial charge in [-0.15, -0.1) is 15.3 Å². The summed E-state index contributed by atoms with van der Waals surface area (Å²) in [4.78, 5) is 11.4. The van der Waals surface area contributed by atoms with Crippen molar-refractivity contribution in [1.29, 1.82) is 0 Å². The number of nitrogens with two attached hydrogens (primary N) is 1.